The van der Waals surface area contributed by atoms with Crippen LogP contribution in [0.15, 0.2) is 0 Å². The average Bonchev–Trinajstić information content (AvgIpc) is 2.63. The normalized spacial score (nSPS) is 17.4. The molecule has 1 amide bonds. The summed E-state index contributed by atoms with van der Waals surface area (Å²) in [4.78, 5) is 11.0. The van der Waals surface area contributed by atoms with Crippen LogP contribution in [0.1, 0.15) is 45.4 Å². The summed E-state index contributed by atoms with van der Waals surface area (Å²) in [7, 11) is -3.83. The van der Waals surface area contributed by atoms with Gasteiger partial charge in [-0.05, 0) is 19.8 Å². The van der Waals surface area contributed by atoms with Crippen molar-refractivity contribution in [3.05, 3.63) is 0 Å². The highest BCUT2D eigenvalue weighted by Crippen LogP contribution is 2.16. The Labute approximate surface area is 121 Å². The number of hydrogen-bond donors (Lipinski definition) is 3. The highest BCUT2D eigenvalue weighted by Gasteiger charge is 2.15. The monoisotopic (exact) mass is 307 g/mol. The van der Waals surface area contributed by atoms with E-state index in [1.54, 1.807) is 11.6 Å². The van der Waals surface area contributed by atoms with Crippen molar-refractivity contribution < 1.29 is 17.9 Å². The van der Waals surface area contributed by atoms with E-state index in [0.717, 1.165) is 12.8 Å². The standard InChI is InChI=1S/C12H25N3O4S/c1-2-19-12(16)15-20(17,18)14-10-9-13-11-7-5-3-4-6-8-11/h11,13-14H,2-10H2,1H3,(H,15,16). The SMILES string of the molecule is CCOC(=O)NS(=O)(=O)NCCNC1CCCCCC1. The number of hydrogen-bond acceptors (Lipinski definition) is 5. The van der Waals surface area contributed by atoms with Crippen LogP contribution in [-0.2, 0) is 14.9 Å². The summed E-state index contributed by atoms with van der Waals surface area (Å²) >= 11 is 0. The summed E-state index contributed by atoms with van der Waals surface area (Å²) in [5, 5.41) is 3.34. The second-order valence-corrected chi connectivity index (χ2v) is 6.36. The number of ether oxygens (including phenoxy) is 1. The Morgan fingerprint density at radius 2 is 1.80 bits per heavy atom. The molecule has 20 heavy (non-hydrogen) atoms. The number of amides is 1. The second kappa shape index (κ2) is 9.15. The van der Waals surface area contributed by atoms with Gasteiger partial charge in [0.2, 0.25) is 0 Å². The fourth-order valence-electron chi connectivity index (χ4n) is 2.25. The van der Waals surface area contributed by atoms with Crippen LogP contribution in [0, 0.1) is 0 Å². The van der Waals surface area contributed by atoms with E-state index >= 15 is 0 Å². The first-order valence-electron chi connectivity index (χ1n) is 7.21. The molecule has 1 rings (SSSR count). The molecule has 1 aliphatic rings. The molecule has 0 aliphatic heterocycles. The first-order chi connectivity index (χ1) is 9.53. The highest BCUT2D eigenvalue weighted by atomic mass is 32.2. The van der Waals surface area contributed by atoms with Gasteiger partial charge >= 0.3 is 16.3 Å². The summed E-state index contributed by atoms with van der Waals surface area (Å²) in [6.07, 6.45) is 6.36. The van der Waals surface area contributed by atoms with Gasteiger partial charge in [0.05, 0.1) is 6.61 Å². The molecule has 1 saturated carbocycles. The third-order valence-corrected chi connectivity index (χ3v) is 4.22. The first kappa shape index (κ1) is 17.2. The van der Waals surface area contributed by atoms with Crippen LogP contribution >= 0.6 is 0 Å². The number of rotatable bonds is 7. The molecule has 0 radical (unpaired) electrons. The Morgan fingerprint density at radius 1 is 1.15 bits per heavy atom. The van der Waals surface area contributed by atoms with Crippen LogP contribution in [-0.4, -0.2) is 40.2 Å². The Kier molecular flexibility index (Phi) is 7.86. The third-order valence-electron chi connectivity index (χ3n) is 3.20. The Morgan fingerprint density at radius 3 is 2.40 bits per heavy atom. The second-order valence-electron chi connectivity index (χ2n) is 4.86. The van der Waals surface area contributed by atoms with Gasteiger partial charge in [0, 0.05) is 19.1 Å². The lowest BCUT2D eigenvalue weighted by Gasteiger charge is -2.16. The maximum absolute atomic E-state index is 11.5. The van der Waals surface area contributed by atoms with Gasteiger partial charge in [-0.15, -0.1) is 0 Å². The van der Waals surface area contributed by atoms with Crippen LogP contribution in [0.4, 0.5) is 4.79 Å². The predicted octanol–water partition coefficient (Wildman–Crippen LogP) is 0.879. The zero-order valence-corrected chi connectivity index (χ0v) is 12.8. The summed E-state index contributed by atoms with van der Waals surface area (Å²) < 4.78 is 31.5. The minimum atomic E-state index is -3.83. The van der Waals surface area contributed by atoms with E-state index in [4.69, 9.17) is 0 Å². The maximum Gasteiger partial charge on any atom is 0.421 e. The lowest BCUT2D eigenvalue weighted by atomic mass is 10.1. The molecule has 0 bridgehead atoms. The van der Waals surface area contributed by atoms with Gasteiger partial charge in [-0.3, -0.25) is 0 Å². The van der Waals surface area contributed by atoms with Gasteiger partial charge < -0.3 is 10.1 Å². The van der Waals surface area contributed by atoms with Gasteiger partial charge in [0.1, 0.15) is 0 Å². The van der Waals surface area contributed by atoms with Crippen LogP contribution in [0.5, 0.6) is 0 Å². The minimum absolute atomic E-state index is 0.130. The van der Waals surface area contributed by atoms with E-state index in [1.165, 1.54) is 25.7 Å². The zero-order chi connectivity index (χ0) is 14.8. The van der Waals surface area contributed by atoms with Crippen LogP contribution in [0.3, 0.4) is 0 Å². The fourth-order valence-corrected chi connectivity index (χ4v) is 2.97. The summed E-state index contributed by atoms with van der Waals surface area (Å²) in [6, 6.07) is 0.472. The molecular formula is C12H25N3O4S. The van der Waals surface area contributed by atoms with Crippen molar-refractivity contribution in [1.82, 2.24) is 14.8 Å². The topological polar surface area (TPSA) is 96.5 Å². The molecule has 3 N–H and O–H groups in total. The molecule has 0 aromatic rings. The predicted molar refractivity (Wildman–Crippen MR) is 76.6 cm³/mol. The minimum Gasteiger partial charge on any atom is -0.449 e. The van der Waals surface area contributed by atoms with E-state index in [1.807, 2.05) is 0 Å². The molecule has 8 heteroatoms. The van der Waals surface area contributed by atoms with E-state index in [9.17, 15) is 13.2 Å². The van der Waals surface area contributed by atoms with Crippen molar-refractivity contribution in [1.29, 1.82) is 0 Å². The number of carbonyl (C=O) groups is 1. The summed E-state index contributed by atoms with van der Waals surface area (Å²) in [5.41, 5.74) is 0. The quantitative estimate of drug-likeness (QED) is 0.479. The number of nitrogens with one attached hydrogen (secondary N) is 3. The van der Waals surface area contributed by atoms with Crippen molar-refractivity contribution >= 4 is 16.3 Å². The Bertz CT molecular complexity index is 378. The summed E-state index contributed by atoms with van der Waals surface area (Å²) in [6.45, 7) is 2.53. The van der Waals surface area contributed by atoms with Gasteiger partial charge in [-0.25, -0.2) is 9.52 Å². The molecule has 0 unspecified atom stereocenters. The van der Waals surface area contributed by atoms with Crippen LogP contribution in [0.25, 0.3) is 0 Å². The van der Waals surface area contributed by atoms with Crippen molar-refractivity contribution in [2.24, 2.45) is 0 Å². The van der Waals surface area contributed by atoms with Crippen molar-refractivity contribution in [2.75, 3.05) is 19.7 Å². The molecule has 1 fully saturated rings. The highest BCUT2D eigenvalue weighted by molar-refractivity contribution is 7.88. The molecule has 0 aromatic carbocycles. The molecular weight excluding hydrogens is 282 g/mol. The molecule has 0 spiro atoms. The van der Waals surface area contributed by atoms with E-state index in [2.05, 4.69) is 14.8 Å². The molecule has 0 heterocycles. The molecule has 0 atom stereocenters. The third kappa shape index (κ3) is 7.66. The molecule has 1 aliphatic carbocycles. The lowest BCUT2D eigenvalue weighted by molar-refractivity contribution is 0.158. The van der Waals surface area contributed by atoms with Gasteiger partial charge in [-0.1, -0.05) is 25.7 Å². The molecule has 7 nitrogen and oxygen atoms in total. The van der Waals surface area contributed by atoms with Gasteiger partial charge in [0.25, 0.3) is 0 Å². The largest absolute Gasteiger partial charge is 0.449 e. The van der Waals surface area contributed by atoms with E-state index in [-0.39, 0.29) is 13.2 Å². The Balaban J connectivity index is 2.17. The fraction of sp³-hybridized carbons (Fsp3) is 0.917. The van der Waals surface area contributed by atoms with Crippen molar-refractivity contribution in [3.63, 3.8) is 0 Å². The van der Waals surface area contributed by atoms with Crippen LogP contribution < -0.4 is 14.8 Å². The van der Waals surface area contributed by atoms with Crippen LogP contribution in [0.2, 0.25) is 0 Å². The number of carbonyl (C=O) groups excluding carboxylic acids is 1. The van der Waals surface area contributed by atoms with Crippen molar-refractivity contribution in [2.45, 2.75) is 51.5 Å². The maximum atomic E-state index is 11.5. The molecule has 0 aromatic heterocycles. The molecule has 118 valence electrons. The van der Waals surface area contributed by atoms with E-state index < -0.39 is 16.3 Å². The average molecular weight is 307 g/mol. The van der Waals surface area contributed by atoms with Gasteiger partial charge in [-0.2, -0.15) is 13.1 Å². The Hall–Kier alpha value is -0.860. The molecule has 0 saturated heterocycles. The van der Waals surface area contributed by atoms with E-state index in [0.29, 0.717) is 12.6 Å². The smallest absolute Gasteiger partial charge is 0.421 e. The summed E-state index contributed by atoms with van der Waals surface area (Å²) in [5.74, 6) is 0. The lowest BCUT2D eigenvalue weighted by Crippen LogP contribution is -2.44. The van der Waals surface area contributed by atoms with Crippen molar-refractivity contribution in [3.8, 4) is 0 Å². The zero-order valence-electron chi connectivity index (χ0n) is 12.0. The first-order valence-corrected chi connectivity index (χ1v) is 8.69. The van der Waals surface area contributed by atoms with Gasteiger partial charge in [0.15, 0.2) is 0 Å².